The van der Waals surface area contributed by atoms with Crippen LogP contribution < -0.4 is 0 Å². The van der Waals surface area contributed by atoms with Crippen molar-refractivity contribution in [2.75, 3.05) is 19.8 Å². The van der Waals surface area contributed by atoms with Gasteiger partial charge in [0, 0.05) is 26.2 Å². The Morgan fingerprint density at radius 1 is 1.33 bits per heavy atom. The van der Waals surface area contributed by atoms with E-state index in [0.29, 0.717) is 31.3 Å². The molecule has 0 saturated carbocycles. The molecule has 1 atom stereocenters. The minimum absolute atomic E-state index is 0.216. The summed E-state index contributed by atoms with van der Waals surface area (Å²) in [7, 11) is 0. The average Bonchev–Trinajstić information content (AvgIpc) is 3.01. The zero-order valence-corrected chi connectivity index (χ0v) is 10.9. The summed E-state index contributed by atoms with van der Waals surface area (Å²) in [6.45, 7) is 5.70. The van der Waals surface area contributed by atoms with Gasteiger partial charge >= 0.3 is 0 Å². The molecule has 1 aromatic rings. The van der Waals surface area contributed by atoms with Crippen LogP contribution in [0.3, 0.4) is 0 Å². The van der Waals surface area contributed by atoms with Crippen LogP contribution in [0.4, 0.5) is 0 Å². The monoisotopic (exact) mass is 256 g/mol. The second kappa shape index (κ2) is 6.82. The average molecular weight is 256 g/mol. The van der Waals surface area contributed by atoms with E-state index in [4.69, 9.17) is 18.7 Å². The molecule has 6 nitrogen and oxygen atoms in total. The highest BCUT2D eigenvalue weighted by Crippen LogP contribution is 2.19. The maximum atomic E-state index is 5.54. The van der Waals surface area contributed by atoms with Crippen LogP contribution in [0.2, 0.25) is 0 Å². The van der Waals surface area contributed by atoms with Gasteiger partial charge in [0.15, 0.2) is 5.82 Å². The standard InChI is InChI=1S/C12H20N2O4/c1-3-15-12(16-4-2)11-13-10(14-18-11)8-9-6-5-7-17-9/h9,12H,3-8H2,1-2H3. The molecule has 6 heteroatoms. The van der Waals surface area contributed by atoms with Crippen molar-refractivity contribution < 1.29 is 18.7 Å². The molecule has 1 aromatic heterocycles. The lowest BCUT2D eigenvalue weighted by atomic mass is 10.2. The molecular formula is C12H20N2O4. The van der Waals surface area contributed by atoms with Gasteiger partial charge in [0.05, 0.1) is 6.10 Å². The maximum Gasteiger partial charge on any atom is 0.283 e. The van der Waals surface area contributed by atoms with E-state index in [1.807, 2.05) is 13.8 Å². The molecule has 18 heavy (non-hydrogen) atoms. The number of nitrogens with zero attached hydrogens (tertiary/aromatic N) is 2. The summed E-state index contributed by atoms with van der Waals surface area (Å²) >= 11 is 0. The molecule has 0 radical (unpaired) electrons. The molecule has 102 valence electrons. The van der Waals surface area contributed by atoms with Gasteiger partial charge in [0.25, 0.3) is 5.89 Å². The Kier molecular flexibility index (Phi) is 5.10. The fraction of sp³-hybridized carbons (Fsp3) is 0.833. The molecule has 1 unspecified atom stereocenters. The van der Waals surface area contributed by atoms with E-state index in [1.165, 1.54) is 0 Å². The normalized spacial score (nSPS) is 19.8. The van der Waals surface area contributed by atoms with E-state index in [0.717, 1.165) is 19.4 Å². The molecule has 1 saturated heterocycles. The zero-order valence-electron chi connectivity index (χ0n) is 10.9. The Balaban J connectivity index is 1.94. The van der Waals surface area contributed by atoms with E-state index >= 15 is 0 Å². The summed E-state index contributed by atoms with van der Waals surface area (Å²) in [6, 6.07) is 0. The fourth-order valence-electron chi connectivity index (χ4n) is 1.95. The lowest BCUT2D eigenvalue weighted by molar-refractivity contribution is -0.155. The van der Waals surface area contributed by atoms with Crippen LogP contribution >= 0.6 is 0 Å². The predicted octanol–water partition coefficient (Wildman–Crippen LogP) is 1.86. The topological polar surface area (TPSA) is 66.6 Å². The second-order valence-corrected chi connectivity index (χ2v) is 4.13. The summed E-state index contributed by atoms with van der Waals surface area (Å²) in [5.41, 5.74) is 0. The van der Waals surface area contributed by atoms with Crippen molar-refractivity contribution >= 4 is 0 Å². The van der Waals surface area contributed by atoms with Crippen molar-refractivity contribution in [2.24, 2.45) is 0 Å². The van der Waals surface area contributed by atoms with Crippen LogP contribution in [-0.4, -0.2) is 36.1 Å². The van der Waals surface area contributed by atoms with Gasteiger partial charge in [-0.15, -0.1) is 0 Å². The SMILES string of the molecule is CCOC(OCC)c1nc(CC2CCCO2)no1. The molecule has 0 bridgehead atoms. The first kappa shape index (κ1) is 13.5. The van der Waals surface area contributed by atoms with Crippen LogP contribution in [0.1, 0.15) is 44.7 Å². The zero-order chi connectivity index (χ0) is 12.8. The number of hydrogen-bond acceptors (Lipinski definition) is 6. The van der Waals surface area contributed by atoms with E-state index in [-0.39, 0.29) is 6.10 Å². The van der Waals surface area contributed by atoms with Crippen LogP contribution in [0.5, 0.6) is 0 Å². The van der Waals surface area contributed by atoms with Crippen LogP contribution in [-0.2, 0) is 20.6 Å². The summed E-state index contributed by atoms with van der Waals surface area (Å²) in [5.74, 6) is 1.04. The third-order valence-electron chi connectivity index (χ3n) is 2.76. The van der Waals surface area contributed by atoms with Crippen molar-refractivity contribution in [2.45, 2.75) is 45.5 Å². The molecule has 0 aromatic carbocycles. The first-order valence-corrected chi connectivity index (χ1v) is 6.50. The quantitative estimate of drug-likeness (QED) is 0.694. The van der Waals surface area contributed by atoms with Gasteiger partial charge in [-0.05, 0) is 26.7 Å². The first-order chi connectivity index (χ1) is 8.83. The van der Waals surface area contributed by atoms with Crippen LogP contribution in [0.15, 0.2) is 4.52 Å². The molecule has 0 N–H and O–H groups in total. The Hall–Kier alpha value is -0.980. The van der Waals surface area contributed by atoms with E-state index < -0.39 is 6.29 Å². The van der Waals surface area contributed by atoms with E-state index in [2.05, 4.69) is 10.1 Å². The smallest absolute Gasteiger partial charge is 0.283 e. The Labute approximate surface area is 107 Å². The van der Waals surface area contributed by atoms with Gasteiger partial charge in [-0.25, -0.2) is 0 Å². The van der Waals surface area contributed by atoms with E-state index in [9.17, 15) is 0 Å². The molecule has 0 spiro atoms. The minimum atomic E-state index is -0.564. The highest BCUT2D eigenvalue weighted by atomic mass is 16.7. The number of ether oxygens (including phenoxy) is 3. The van der Waals surface area contributed by atoms with Gasteiger partial charge < -0.3 is 18.7 Å². The van der Waals surface area contributed by atoms with Crippen LogP contribution in [0, 0.1) is 0 Å². The fourth-order valence-corrected chi connectivity index (χ4v) is 1.95. The second-order valence-electron chi connectivity index (χ2n) is 4.13. The Morgan fingerprint density at radius 3 is 2.72 bits per heavy atom. The summed E-state index contributed by atoms with van der Waals surface area (Å²) in [6.07, 6.45) is 2.51. The summed E-state index contributed by atoms with van der Waals surface area (Å²) in [4.78, 5) is 4.30. The van der Waals surface area contributed by atoms with Crippen molar-refractivity contribution in [3.05, 3.63) is 11.7 Å². The van der Waals surface area contributed by atoms with Gasteiger partial charge in [-0.2, -0.15) is 4.98 Å². The Bertz CT molecular complexity index is 344. The maximum absolute atomic E-state index is 5.54. The molecule has 0 aliphatic carbocycles. The molecule has 1 aliphatic heterocycles. The van der Waals surface area contributed by atoms with Gasteiger partial charge in [0.1, 0.15) is 0 Å². The lowest BCUT2D eigenvalue weighted by Gasteiger charge is -2.11. The van der Waals surface area contributed by atoms with Gasteiger partial charge in [0.2, 0.25) is 6.29 Å². The summed E-state index contributed by atoms with van der Waals surface area (Å²) in [5, 5.41) is 3.94. The third-order valence-corrected chi connectivity index (χ3v) is 2.76. The minimum Gasteiger partial charge on any atom is -0.378 e. The van der Waals surface area contributed by atoms with E-state index in [1.54, 1.807) is 0 Å². The molecule has 2 heterocycles. The number of aromatic nitrogens is 2. The van der Waals surface area contributed by atoms with Crippen LogP contribution in [0.25, 0.3) is 0 Å². The highest BCUT2D eigenvalue weighted by molar-refractivity contribution is 4.91. The largest absolute Gasteiger partial charge is 0.378 e. The van der Waals surface area contributed by atoms with Gasteiger partial charge in [-0.3, -0.25) is 0 Å². The molecular weight excluding hydrogens is 236 g/mol. The van der Waals surface area contributed by atoms with Gasteiger partial charge in [-0.1, -0.05) is 5.16 Å². The Morgan fingerprint density at radius 2 is 2.11 bits per heavy atom. The molecule has 1 fully saturated rings. The first-order valence-electron chi connectivity index (χ1n) is 6.50. The van der Waals surface area contributed by atoms with Crippen molar-refractivity contribution in [3.8, 4) is 0 Å². The van der Waals surface area contributed by atoms with Crippen molar-refractivity contribution in [1.29, 1.82) is 0 Å². The third kappa shape index (κ3) is 3.51. The predicted molar refractivity (Wildman–Crippen MR) is 63.0 cm³/mol. The number of rotatable bonds is 7. The van der Waals surface area contributed by atoms with Crippen molar-refractivity contribution in [3.63, 3.8) is 0 Å². The molecule has 0 amide bonds. The van der Waals surface area contributed by atoms with Crippen molar-refractivity contribution in [1.82, 2.24) is 10.1 Å². The molecule has 2 rings (SSSR count). The summed E-state index contributed by atoms with van der Waals surface area (Å²) < 4.78 is 21.5. The number of hydrogen-bond donors (Lipinski definition) is 0. The highest BCUT2D eigenvalue weighted by Gasteiger charge is 2.22. The molecule has 1 aliphatic rings. The lowest BCUT2D eigenvalue weighted by Crippen LogP contribution is -2.11.